The van der Waals surface area contributed by atoms with Crippen LogP contribution in [-0.4, -0.2) is 30.6 Å². The first-order valence-corrected chi connectivity index (χ1v) is 5.55. The van der Waals surface area contributed by atoms with Crippen LogP contribution in [0.3, 0.4) is 0 Å². The van der Waals surface area contributed by atoms with Crippen molar-refractivity contribution in [3.8, 4) is 12.3 Å². The maximum atomic E-state index is 6.03. The molecule has 2 heteroatoms. The van der Waals surface area contributed by atoms with Gasteiger partial charge in [-0.15, -0.1) is 6.42 Å². The highest BCUT2D eigenvalue weighted by atomic mass is 15.1. The quantitative estimate of drug-likeness (QED) is 0.646. The van der Waals surface area contributed by atoms with Crippen LogP contribution >= 0.6 is 0 Å². The van der Waals surface area contributed by atoms with Gasteiger partial charge < -0.3 is 5.73 Å². The van der Waals surface area contributed by atoms with Crippen LogP contribution in [0.4, 0.5) is 0 Å². The van der Waals surface area contributed by atoms with Crippen molar-refractivity contribution < 1.29 is 0 Å². The second kappa shape index (κ2) is 5.38. The van der Waals surface area contributed by atoms with Crippen LogP contribution in [0.15, 0.2) is 0 Å². The van der Waals surface area contributed by atoms with E-state index in [9.17, 15) is 0 Å². The zero-order chi connectivity index (χ0) is 10.6. The molecular weight excluding hydrogens is 172 g/mol. The van der Waals surface area contributed by atoms with E-state index in [2.05, 4.69) is 24.7 Å². The van der Waals surface area contributed by atoms with E-state index in [-0.39, 0.29) is 6.04 Å². The Hall–Kier alpha value is -0.520. The summed E-state index contributed by atoms with van der Waals surface area (Å²) in [5.74, 6) is 4.14. The van der Waals surface area contributed by atoms with Gasteiger partial charge in [0.2, 0.25) is 0 Å². The number of terminal acetylenes is 1. The second-order valence-corrected chi connectivity index (χ2v) is 4.75. The largest absolute Gasteiger partial charge is 0.326 e. The van der Waals surface area contributed by atoms with Crippen molar-refractivity contribution in [2.45, 2.75) is 32.7 Å². The van der Waals surface area contributed by atoms with Crippen molar-refractivity contribution in [3.63, 3.8) is 0 Å². The fraction of sp³-hybridized carbons (Fsp3) is 0.833. The van der Waals surface area contributed by atoms with Crippen LogP contribution in [0.5, 0.6) is 0 Å². The molecule has 0 heterocycles. The summed E-state index contributed by atoms with van der Waals surface area (Å²) in [7, 11) is 0. The summed E-state index contributed by atoms with van der Waals surface area (Å²) >= 11 is 0. The van der Waals surface area contributed by atoms with Gasteiger partial charge >= 0.3 is 0 Å². The molecule has 0 spiro atoms. The first kappa shape index (κ1) is 11.6. The summed E-state index contributed by atoms with van der Waals surface area (Å²) in [4.78, 5) is 2.32. The molecule has 1 rings (SSSR count). The molecule has 1 fully saturated rings. The Bertz CT molecular complexity index is 201. The molecule has 1 aliphatic carbocycles. The average molecular weight is 194 g/mol. The Morgan fingerprint density at radius 2 is 2.14 bits per heavy atom. The molecule has 0 bridgehead atoms. The smallest absolute Gasteiger partial charge is 0.0599 e. The van der Waals surface area contributed by atoms with Gasteiger partial charge in [-0.25, -0.2) is 0 Å². The zero-order valence-electron chi connectivity index (χ0n) is 9.37. The molecule has 14 heavy (non-hydrogen) atoms. The second-order valence-electron chi connectivity index (χ2n) is 4.75. The molecule has 1 unspecified atom stereocenters. The number of hydrogen-bond acceptors (Lipinski definition) is 2. The summed E-state index contributed by atoms with van der Waals surface area (Å²) in [6.07, 6.45) is 8.09. The highest BCUT2D eigenvalue weighted by Crippen LogP contribution is 2.29. The molecule has 0 aromatic rings. The summed E-state index contributed by atoms with van der Waals surface area (Å²) in [5.41, 5.74) is 6.03. The lowest BCUT2D eigenvalue weighted by Gasteiger charge is -2.25. The molecule has 0 amide bonds. The van der Waals surface area contributed by atoms with Crippen LogP contribution < -0.4 is 5.73 Å². The van der Waals surface area contributed by atoms with E-state index in [4.69, 9.17) is 12.2 Å². The van der Waals surface area contributed by atoms with Crippen molar-refractivity contribution in [3.05, 3.63) is 0 Å². The van der Waals surface area contributed by atoms with Crippen molar-refractivity contribution in [2.75, 3.05) is 19.6 Å². The predicted molar refractivity (Wildman–Crippen MR) is 60.8 cm³/mol. The van der Waals surface area contributed by atoms with Gasteiger partial charge in [-0.3, -0.25) is 4.90 Å². The maximum absolute atomic E-state index is 6.03. The number of rotatable bonds is 6. The van der Waals surface area contributed by atoms with Crippen LogP contribution in [0.25, 0.3) is 0 Å². The lowest BCUT2D eigenvalue weighted by atomic mass is 10.1. The average Bonchev–Trinajstić information content (AvgIpc) is 2.88. The van der Waals surface area contributed by atoms with E-state index in [1.165, 1.54) is 12.8 Å². The van der Waals surface area contributed by atoms with Gasteiger partial charge in [0.25, 0.3) is 0 Å². The van der Waals surface area contributed by atoms with Crippen molar-refractivity contribution in [2.24, 2.45) is 17.6 Å². The molecule has 0 aromatic heterocycles. The molecule has 0 radical (unpaired) electrons. The molecule has 2 nitrogen and oxygen atoms in total. The zero-order valence-corrected chi connectivity index (χ0v) is 9.37. The summed E-state index contributed by atoms with van der Waals surface area (Å²) in [5, 5.41) is 0. The topological polar surface area (TPSA) is 29.3 Å². The van der Waals surface area contributed by atoms with E-state index in [1.807, 2.05) is 0 Å². The van der Waals surface area contributed by atoms with Gasteiger partial charge in [0.15, 0.2) is 0 Å². The summed E-state index contributed by atoms with van der Waals surface area (Å²) < 4.78 is 0. The minimum absolute atomic E-state index is 0.252. The highest BCUT2D eigenvalue weighted by molar-refractivity contribution is 4.91. The lowest BCUT2D eigenvalue weighted by Crippen LogP contribution is -2.41. The monoisotopic (exact) mass is 194 g/mol. The third-order valence-corrected chi connectivity index (χ3v) is 2.85. The van der Waals surface area contributed by atoms with E-state index in [0.717, 1.165) is 25.6 Å². The molecule has 1 saturated carbocycles. The van der Waals surface area contributed by atoms with E-state index < -0.39 is 0 Å². The molecule has 1 aliphatic rings. The van der Waals surface area contributed by atoms with Gasteiger partial charge in [0, 0.05) is 19.1 Å². The lowest BCUT2D eigenvalue weighted by molar-refractivity contribution is 0.254. The minimum atomic E-state index is 0.252. The van der Waals surface area contributed by atoms with Gasteiger partial charge in [-0.1, -0.05) is 19.8 Å². The maximum Gasteiger partial charge on any atom is 0.0599 e. The van der Waals surface area contributed by atoms with E-state index >= 15 is 0 Å². The highest BCUT2D eigenvalue weighted by Gasteiger charge is 2.25. The molecule has 0 aromatic carbocycles. The fourth-order valence-electron chi connectivity index (χ4n) is 1.51. The van der Waals surface area contributed by atoms with Gasteiger partial charge in [-0.2, -0.15) is 0 Å². The first-order valence-electron chi connectivity index (χ1n) is 5.55. The normalized spacial score (nSPS) is 18.6. The van der Waals surface area contributed by atoms with Crippen molar-refractivity contribution in [1.82, 2.24) is 4.90 Å². The van der Waals surface area contributed by atoms with Gasteiger partial charge in [-0.05, 0) is 24.7 Å². The third-order valence-electron chi connectivity index (χ3n) is 2.85. The van der Waals surface area contributed by atoms with Crippen LogP contribution in [0.1, 0.15) is 26.7 Å². The Balaban J connectivity index is 2.29. The Morgan fingerprint density at radius 3 is 2.57 bits per heavy atom. The van der Waals surface area contributed by atoms with Crippen LogP contribution in [0.2, 0.25) is 0 Å². The van der Waals surface area contributed by atoms with E-state index in [0.29, 0.717) is 5.92 Å². The molecule has 0 saturated heterocycles. The Kier molecular flexibility index (Phi) is 4.44. The molecular formula is C12H22N2. The number of nitrogens with zero attached hydrogens (tertiary/aromatic N) is 1. The fourth-order valence-corrected chi connectivity index (χ4v) is 1.51. The third kappa shape index (κ3) is 4.13. The molecule has 0 aliphatic heterocycles. The predicted octanol–water partition coefficient (Wildman–Crippen LogP) is 1.31. The Morgan fingerprint density at radius 1 is 1.50 bits per heavy atom. The standard InChI is InChI=1S/C12H22N2/c1-4-7-14(8-11-5-6-11)9-12(13)10(2)3/h1,10-12H,5-9,13H2,2-3H3. The molecule has 1 atom stereocenters. The summed E-state index contributed by atoms with van der Waals surface area (Å²) in [6, 6.07) is 0.252. The van der Waals surface area contributed by atoms with Crippen molar-refractivity contribution in [1.29, 1.82) is 0 Å². The number of hydrogen-bond donors (Lipinski definition) is 1. The van der Waals surface area contributed by atoms with Gasteiger partial charge in [0.1, 0.15) is 0 Å². The Labute approximate surface area is 87.8 Å². The van der Waals surface area contributed by atoms with Crippen LogP contribution in [0, 0.1) is 24.2 Å². The SMILES string of the molecule is C#CCN(CC1CC1)CC(N)C(C)C. The number of nitrogens with two attached hydrogens (primary N) is 1. The van der Waals surface area contributed by atoms with Crippen LogP contribution in [-0.2, 0) is 0 Å². The first-order chi connectivity index (χ1) is 6.63. The van der Waals surface area contributed by atoms with Gasteiger partial charge in [0.05, 0.1) is 6.54 Å². The van der Waals surface area contributed by atoms with E-state index in [1.54, 1.807) is 0 Å². The molecule has 2 N–H and O–H groups in total. The summed E-state index contributed by atoms with van der Waals surface area (Å²) in [6.45, 7) is 7.16. The minimum Gasteiger partial charge on any atom is -0.326 e. The van der Waals surface area contributed by atoms with Crippen molar-refractivity contribution >= 4 is 0 Å². The molecule has 80 valence electrons.